The first-order valence-electron chi connectivity index (χ1n) is 7.92. The predicted molar refractivity (Wildman–Crippen MR) is 86.6 cm³/mol. The third-order valence-corrected chi connectivity index (χ3v) is 4.27. The lowest BCUT2D eigenvalue weighted by Gasteiger charge is -2.24. The van der Waals surface area contributed by atoms with Gasteiger partial charge in [-0.3, -0.25) is 4.79 Å². The fraction of sp³-hybridized carbons (Fsp3) is 0.588. The summed E-state index contributed by atoms with van der Waals surface area (Å²) in [6.45, 7) is 6.02. The van der Waals surface area contributed by atoms with Crippen LogP contribution in [0.3, 0.4) is 0 Å². The number of likely N-dealkylation sites (N-methyl/N-ethyl adjacent to an activating group) is 1. The first-order valence-corrected chi connectivity index (χ1v) is 7.92. The van der Waals surface area contributed by atoms with E-state index in [9.17, 15) is 4.79 Å². The highest BCUT2D eigenvalue weighted by molar-refractivity contribution is 5.80. The highest BCUT2D eigenvalue weighted by Crippen LogP contribution is 2.18. The van der Waals surface area contributed by atoms with Gasteiger partial charge >= 0.3 is 0 Å². The Hall–Kier alpha value is -1.55. The van der Waals surface area contributed by atoms with Crippen molar-refractivity contribution in [2.45, 2.75) is 45.3 Å². The molecule has 0 saturated heterocycles. The summed E-state index contributed by atoms with van der Waals surface area (Å²) in [5.41, 5.74) is 2.49. The van der Waals surface area contributed by atoms with E-state index >= 15 is 0 Å². The van der Waals surface area contributed by atoms with Crippen molar-refractivity contribution in [2.24, 2.45) is 0 Å². The molecule has 0 radical (unpaired) electrons. The zero-order valence-corrected chi connectivity index (χ0v) is 13.6. The minimum Gasteiger partial charge on any atom is -0.378 e. The van der Waals surface area contributed by atoms with E-state index in [2.05, 4.69) is 41.4 Å². The van der Waals surface area contributed by atoms with E-state index in [1.165, 1.54) is 16.2 Å². The molecule has 0 spiro atoms. The minimum absolute atomic E-state index is 0.00382. The van der Waals surface area contributed by atoms with Gasteiger partial charge in [-0.25, -0.2) is 0 Å². The first-order chi connectivity index (χ1) is 10.0. The second-order valence-electron chi connectivity index (χ2n) is 6.25. The molecular weight excluding hydrogens is 262 g/mol. The van der Waals surface area contributed by atoms with Crippen molar-refractivity contribution in [3.8, 4) is 0 Å². The van der Waals surface area contributed by atoms with Gasteiger partial charge in [0.25, 0.3) is 5.91 Å². The van der Waals surface area contributed by atoms with Crippen LogP contribution in [0.15, 0.2) is 24.3 Å². The van der Waals surface area contributed by atoms with Gasteiger partial charge in [-0.2, -0.15) is 0 Å². The van der Waals surface area contributed by atoms with Crippen LogP contribution in [0, 0.1) is 0 Å². The molecule has 0 aliphatic heterocycles. The molecule has 2 atom stereocenters. The van der Waals surface area contributed by atoms with E-state index in [-0.39, 0.29) is 11.9 Å². The molecule has 0 heterocycles. The van der Waals surface area contributed by atoms with Crippen LogP contribution in [0.5, 0.6) is 0 Å². The second-order valence-corrected chi connectivity index (χ2v) is 6.25. The largest absolute Gasteiger partial charge is 0.378 e. The molecule has 116 valence electrons. The maximum absolute atomic E-state index is 12.2. The van der Waals surface area contributed by atoms with Gasteiger partial charge in [0.2, 0.25) is 0 Å². The molecule has 4 nitrogen and oxygen atoms in total. The summed E-state index contributed by atoms with van der Waals surface area (Å²) in [6, 6.07) is 9.05. The quantitative estimate of drug-likeness (QED) is 0.780. The maximum Gasteiger partial charge on any atom is 0.278 e. The summed E-state index contributed by atoms with van der Waals surface area (Å²) in [6.07, 6.45) is 2.29. The topological polar surface area (TPSA) is 36.8 Å². The lowest BCUT2D eigenvalue weighted by Crippen LogP contribution is -3.15. The molecule has 1 fully saturated rings. The summed E-state index contributed by atoms with van der Waals surface area (Å²) < 4.78 is 0. The highest BCUT2D eigenvalue weighted by Gasteiger charge is 2.30. The van der Waals surface area contributed by atoms with Crippen LogP contribution in [-0.4, -0.2) is 38.6 Å². The molecule has 21 heavy (non-hydrogen) atoms. The van der Waals surface area contributed by atoms with E-state index in [0.717, 1.165) is 25.9 Å². The van der Waals surface area contributed by atoms with Gasteiger partial charge in [-0.05, 0) is 38.8 Å². The summed E-state index contributed by atoms with van der Waals surface area (Å²) in [5.74, 6) is 0.194. The lowest BCUT2D eigenvalue weighted by atomic mass is 10.1. The van der Waals surface area contributed by atoms with Crippen LogP contribution < -0.4 is 15.1 Å². The van der Waals surface area contributed by atoms with E-state index in [1.54, 1.807) is 0 Å². The van der Waals surface area contributed by atoms with Crippen LogP contribution >= 0.6 is 0 Å². The molecule has 4 heteroatoms. The Morgan fingerprint density at radius 3 is 2.43 bits per heavy atom. The van der Waals surface area contributed by atoms with Crippen LogP contribution in [0.25, 0.3) is 0 Å². The molecule has 0 aromatic heterocycles. The van der Waals surface area contributed by atoms with Crippen molar-refractivity contribution in [3.05, 3.63) is 29.8 Å². The van der Waals surface area contributed by atoms with Gasteiger partial charge in [0.05, 0.1) is 6.54 Å². The summed E-state index contributed by atoms with van der Waals surface area (Å²) in [4.78, 5) is 15.6. The number of quaternary nitrogens is 1. The van der Waals surface area contributed by atoms with Gasteiger partial charge in [-0.1, -0.05) is 12.1 Å². The van der Waals surface area contributed by atoms with Gasteiger partial charge in [0.15, 0.2) is 6.04 Å². The normalized spacial score (nSPS) is 17.1. The monoisotopic (exact) mass is 290 g/mol. The average molecular weight is 290 g/mol. The molecular formula is C17H28N3O+. The number of hydrogen-bond donors (Lipinski definition) is 2. The number of carbonyl (C=O) groups is 1. The fourth-order valence-corrected chi connectivity index (χ4v) is 2.50. The Morgan fingerprint density at radius 2 is 1.95 bits per heavy atom. The smallest absolute Gasteiger partial charge is 0.278 e. The lowest BCUT2D eigenvalue weighted by molar-refractivity contribution is -0.926. The Morgan fingerprint density at radius 1 is 1.33 bits per heavy atom. The number of hydrogen-bond acceptors (Lipinski definition) is 2. The molecule has 1 aromatic rings. The molecule has 1 unspecified atom stereocenters. The number of carbonyl (C=O) groups excluding carboxylic acids is 1. The summed E-state index contributed by atoms with van der Waals surface area (Å²) >= 11 is 0. The first kappa shape index (κ1) is 15.8. The third-order valence-electron chi connectivity index (χ3n) is 4.27. The van der Waals surface area contributed by atoms with Crippen LogP contribution in [0.2, 0.25) is 0 Å². The van der Waals surface area contributed by atoms with E-state index in [1.807, 2.05) is 21.0 Å². The molecule has 1 amide bonds. The van der Waals surface area contributed by atoms with Crippen molar-refractivity contribution >= 4 is 11.6 Å². The Balaban J connectivity index is 1.95. The summed E-state index contributed by atoms with van der Waals surface area (Å²) in [7, 11) is 4.09. The molecule has 2 rings (SSSR count). The standard InChI is InChI=1S/C17H27N3O/c1-5-20(13(2)17(21)18-15-8-9-15)12-14-6-10-16(11-7-14)19(3)4/h6-7,10-11,13,15H,5,8-9,12H2,1-4H3,(H,18,21)/p+1/t13-/m1/s1. The van der Waals surface area contributed by atoms with E-state index < -0.39 is 0 Å². The molecule has 2 N–H and O–H groups in total. The zero-order valence-electron chi connectivity index (χ0n) is 13.6. The van der Waals surface area contributed by atoms with Crippen molar-refractivity contribution < 1.29 is 9.69 Å². The van der Waals surface area contributed by atoms with E-state index in [4.69, 9.17) is 0 Å². The van der Waals surface area contributed by atoms with Crippen LogP contribution in [0.4, 0.5) is 5.69 Å². The number of rotatable bonds is 7. The number of nitrogens with one attached hydrogen (secondary N) is 2. The molecule has 1 aliphatic carbocycles. The third kappa shape index (κ3) is 4.46. The molecule has 1 aromatic carbocycles. The van der Waals surface area contributed by atoms with Crippen molar-refractivity contribution in [2.75, 3.05) is 25.5 Å². The molecule has 1 aliphatic rings. The van der Waals surface area contributed by atoms with Crippen molar-refractivity contribution in [3.63, 3.8) is 0 Å². The van der Waals surface area contributed by atoms with Gasteiger partial charge < -0.3 is 15.1 Å². The molecule has 1 saturated carbocycles. The number of anilines is 1. The number of nitrogens with zero attached hydrogens (tertiary/aromatic N) is 1. The van der Waals surface area contributed by atoms with Crippen LogP contribution in [-0.2, 0) is 11.3 Å². The summed E-state index contributed by atoms with van der Waals surface area (Å²) in [5, 5.41) is 3.11. The number of amides is 1. The van der Waals surface area contributed by atoms with Crippen molar-refractivity contribution in [1.29, 1.82) is 0 Å². The van der Waals surface area contributed by atoms with Gasteiger partial charge in [0, 0.05) is 31.4 Å². The Labute approximate surface area is 128 Å². The Bertz CT molecular complexity index is 465. The van der Waals surface area contributed by atoms with Crippen molar-refractivity contribution in [1.82, 2.24) is 5.32 Å². The molecule has 0 bridgehead atoms. The van der Waals surface area contributed by atoms with Gasteiger partial charge in [-0.15, -0.1) is 0 Å². The minimum atomic E-state index is 0.00382. The second kappa shape index (κ2) is 6.94. The highest BCUT2D eigenvalue weighted by atomic mass is 16.2. The zero-order chi connectivity index (χ0) is 15.4. The van der Waals surface area contributed by atoms with Gasteiger partial charge in [0.1, 0.15) is 6.54 Å². The Kier molecular flexibility index (Phi) is 5.23. The maximum atomic E-state index is 12.2. The number of benzene rings is 1. The fourth-order valence-electron chi connectivity index (χ4n) is 2.50. The SMILES string of the molecule is CC[NH+](Cc1ccc(N(C)C)cc1)[C@H](C)C(=O)NC1CC1. The van der Waals surface area contributed by atoms with E-state index in [0.29, 0.717) is 6.04 Å². The predicted octanol–water partition coefficient (Wildman–Crippen LogP) is 0.825. The van der Waals surface area contributed by atoms with Crippen LogP contribution in [0.1, 0.15) is 32.3 Å². The average Bonchev–Trinajstić information content (AvgIpc) is 3.28.